The highest BCUT2D eigenvalue weighted by molar-refractivity contribution is 5.88. The Kier molecular flexibility index (Phi) is 3.80. The summed E-state index contributed by atoms with van der Waals surface area (Å²) < 4.78 is 0. The minimum Gasteiger partial charge on any atom is -0.0975 e. The van der Waals surface area contributed by atoms with Crippen molar-refractivity contribution in [2.24, 2.45) is 0 Å². The molecule has 3 aromatic carbocycles. The first-order chi connectivity index (χ1) is 9.93. The topological polar surface area (TPSA) is 0 Å². The first kappa shape index (κ1) is 12.5. The Hall–Kier alpha value is -2.52. The van der Waals surface area contributed by atoms with Crippen molar-refractivity contribution in [3.05, 3.63) is 83.9 Å². The van der Waals surface area contributed by atoms with Crippen LogP contribution in [0.25, 0.3) is 10.8 Å². The van der Waals surface area contributed by atoms with Gasteiger partial charge in [0.1, 0.15) is 0 Å². The van der Waals surface area contributed by atoms with Gasteiger partial charge in [0.2, 0.25) is 0 Å². The van der Waals surface area contributed by atoms with Crippen LogP contribution < -0.4 is 0 Å². The molecule has 0 heteroatoms. The monoisotopic (exact) mass is 256 g/mol. The van der Waals surface area contributed by atoms with Crippen molar-refractivity contribution in [3.8, 4) is 11.8 Å². The van der Waals surface area contributed by atoms with E-state index in [-0.39, 0.29) is 0 Å². The summed E-state index contributed by atoms with van der Waals surface area (Å²) in [4.78, 5) is 0. The maximum Gasteiger partial charge on any atom is 0.0323 e. The van der Waals surface area contributed by atoms with Crippen LogP contribution in [0.4, 0.5) is 0 Å². The molecule has 0 bridgehead atoms. The highest BCUT2D eigenvalue weighted by Crippen LogP contribution is 2.17. The quantitative estimate of drug-likeness (QED) is 0.576. The standard InChI is InChI=1S/C20H16/c1-2-9-17(10-3-1)11-4-5-12-18-14-8-15-19-13-6-7-16-20(18)19/h1-3,6-10,13-16H,4,11H2. The van der Waals surface area contributed by atoms with E-state index in [9.17, 15) is 0 Å². The van der Waals surface area contributed by atoms with Gasteiger partial charge in [0.05, 0.1) is 0 Å². The second kappa shape index (κ2) is 6.08. The van der Waals surface area contributed by atoms with E-state index in [1.54, 1.807) is 0 Å². The van der Waals surface area contributed by atoms with Gasteiger partial charge in [-0.15, -0.1) is 0 Å². The number of hydrogen-bond donors (Lipinski definition) is 0. The third-order valence-electron chi connectivity index (χ3n) is 3.39. The van der Waals surface area contributed by atoms with E-state index in [1.807, 2.05) is 6.07 Å². The van der Waals surface area contributed by atoms with Gasteiger partial charge in [-0.2, -0.15) is 0 Å². The van der Waals surface area contributed by atoms with Crippen LogP contribution in [-0.2, 0) is 6.42 Å². The number of fused-ring (bicyclic) bond motifs is 1. The molecule has 0 aliphatic carbocycles. The smallest absolute Gasteiger partial charge is 0.0323 e. The number of hydrogen-bond acceptors (Lipinski definition) is 0. The maximum absolute atomic E-state index is 3.31. The molecule has 0 aromatic heterocycles. The molecular weight excluding hydrogens is 240 g/mol. The molecule has 0 nitrogen and oxygen atoms in total. The third kappa shape index (κ3) is 2.90. The van der Waals surface area contributed by atoms with Gasteiger partial charge in [-0.05, 0) is 28.8 Å². The van der Waals surface area contributed by atoms with Gasteiger partial charge < -0.3 is 0 Å². The zero-order valence-corrected chi connectivity index (χ0v) is 11.3. The lowest BCUT2D eigenvalue weighted by Crippen LogP contribution is -1.82. The van der Waals surface area contributed by atoms with E-state index in [4.69, 9.17) is 0 Å². The van der Waals surface area contributed by atoms with E-state index in [1.165, 1.54) is 16.3 Å². The van der Waals surface area contributed by atoms with Crippen LogP contribution >= 0.6 is 0 Å². The molecule has 0 spiro atoms. The second-order valence-corrected chi connectivity index (χ2v) is 4.81. The van der Waals surface area contributed by atoms with Crippen molar-refractivity contribution < 1.29 is 0 Å². The SMILES string of the molecule is C(#Cc1cccc2ccccc12)CCc1ccccc1. The largest absolute Gasteiger partial charge is 0.0975 e. The fourth-order valence-corrected chi connectivity index (χ4v) is 2.34. The molecule has 96 valence electrons. The number of rotatable bonds is 2. The lowest BCUT2D eigenvalue weighted by molar-refractivity contribution is 1.03. The molecule has 3 rings (SSSR count). The summed E-state index contributed by atoms with van der Waals surface area (Å²) in [5, 5.41) is 2.49. The fourth-order valence-electron chi connectivity index (χ4n) is 2.34. The van der Waals surface area contributed by atoms with E-state index in [2.05, 4.69) is 78.6 Å². The van der Waals surface area contributed by atoms with Crippen LogP contribution in [0.5, 0.6) is 0 Å². The normalized spacial score (nSPS) is 10.0. The van der Waals surface area contributed by atoms with Gasteiger partial charge >= 0.3 is 0 Å². The predicted octanol–water partition coefficient (Wildman–Crippen LogP) is 4.82. The highest BCUT2D eigenvalue weighted by atomic mass is 14.0. The average Bonchev–Trinajstić information content (AvgIpc) is 2.53. The van der Waals surface area contributed by atoms with Gasteiger partial charge in [-0.1, -0.05) is 78.6 Å². The Morgan fingerprint density at radius 2 is 1.45 bits per heavy atom. The molecule has 0 aliphatic heterocycles. The van der Waals surface area contributed by atoms with Crippen molar-refractivity contribution >= 4 is 10.8 Å². The first-order valence-corrected chi connectivity index (χ1v) is 6.94. The van der Waals surface area contributed by atoms with E-state index >= 15 is 0 Å². The minimum absolute atomic E-state index is 0.896. The van der Waals surface area contributed by atoms with Gasteiger partial charge in [-0.25, -0.2) is 0 Å². The molecule has 0 saturated heterocycles. The van der Waals surface area contributed by atoms with Crippen LogP contribution in [0, 0.1) is 11.8 Å². The Balaban J connectivity index is 1.76. The zero-order valence-electron chi connectivity index (χ0n) is 11.3. The highest BCUT2D eigenvalue weighted by Gasteiger charge is 1.96. The molecule has 0 radical (unpaired) electrons. The molecule has 0 aliphatic rings. The first-order valence-electron chi connectivity index (χ1n) is 6.94. The van der Waals surface area contributed by atoms with Gasteiger partial charge in [0.25, 0.3) is 0 Å². The average molecular weight is 256 g/mol. The Morgan fingerprint density at radius 3 is 2.35 bits per heavy atom. The van der Waals surface area contributed by atoms with E-state index in [0.717, 1.165) is 18.4 Å². The molecular formula is C20H16. The van der Waals surface area contributed by atoms with Crippen LogP contribution in [0.15, 0.2) is 72.8 Å². The summed E-state index contributed by atoms with van der Waals surface area (Å²) in [5.74, 6) is 6.60. The molecule has 0 saturated carbocycles. The van der Waals surface area contributed by atoms with E-state index < -0.39 is 0 Å². The fraction of sp³-hybridized carbons (Fsp3) is 0.100. The Morgan fingerprint density at radius 1 is 0.700 bits per heavy atom. The second-order valence-electron chi connectivity index (χ2n) is 4.81. The summed E-state index contributed by atoms with van der Waals surface area (Å²) in [6.07, 6.45) is 1.91. The van der Waals surface area contributed by atoms with Gasteiger partial charge in [-0.3, -0.25) is 0 Å². The zero-order chi connectivity index (χ0) is 13.6. The summed E-state index contributed by atoms with van der Waals surface area (Å²) >= 11 is 0. The molecule has 0 unspecified atom stereocenters. The van der Waals surface area contributed by atoms with Crippen LogP contribution in [0.2, 0.25) is 0 Å². The predicted molar refractivity (Wildman–Crippen MR) is 85.6 cm³/mol. The molecule has 0 N–H and O–H groups in total. The Labute approximate surface area is 120 Å². The molecule has 0 atom stereocenters. The van der Waals surface area contributed by atoms with Crippen LogP contribution in [-0.4, -0.2) is 0 Å². The van der Waals surface area contributed by atoms with Gasteiger partial charge in [0.15, 0.2) is 0 Å². The summed E-state index contributed by atoms with van der Waals surface area (Å²) in [7, 11) is 0. The molecule has 0 fully saturated rings. The lowest BCUT2D eigenvalue weighted by atomic mass is 10.0. The lowest BCUT2D eigenvalue weighted by Gasteiger charge is -1.99. The molecule has 0 heterocycles. The third-order valence-corrected chi connectivity index (χ3v) is 3.39. The minimum atomic E-state index is 0.896. The Bertz CT molecular complexity index is 753. The molecule has 20 heavy (non-hydrogen) atoms. The van der Waals surface area contributed by atoms with Gasteiger partial charge in [0, 0.05) is 12.0 Å². The van der Waals surface area contributed by atoms with Crippen molar-refractivity contribution in [2.45, 2.75) is 12.8 Å². The van der Waals surface area contributed by atoms with Crippen LogP contribution in [0.1, 0.15) is 17.5 Å². The van der Waals surface area contributed by atoms with Crippen molar-refractivity contribution in [3.63, 3.8) is 0 Å². The van der Waals surface area contributed by atoms with Crippen molar-refractivity contribution in [1.82, 2.24) is 0 Å². The maximum atomic E-state index is 3.31. The van der Waals surface area contributed by atoms with Crippen molar-refractivity contribution in [2.75, 3.05) is 0 Å². The molecule has 3 aromatic rings. The van der Waals surface area contributed by atoms with E-state index in [0.29, 0.717) is 0 Å². The summed E-state index contributed by atoms with van der Waals surface area (Å²) in [6, 6.07) is 25.2. The number of aryl methyl sites for hydroxylation is 1. The summed E-state index contributed by atoms with van der Waals surface area (Å²) in [6.45, 7) is 0. The summed E-state index contributed by atoms with van der Waals surface area (Å²) in [5.41, 5.74) is 2.47. The number of benzene rings is 3. The van der Waals surface area contributed by atoms with Crippen LogP contribution in [0.3, 0.4) is 0 Å². The van der Waals surface area contributed by atoms with Crippen molar-refractivity contribution in [1.29, 1.82) is 0 Å². The molecule has 0 amide bonds.